The van der Waals surface area contributed by atoms with Crippen LogP contribution in [0.3, 0.4) is 0 Å². The van der Waals surface area contributed by atoms with Gasteiger partial charge in [0.1, 0.15) is 6.33 Å². The van der Waals surface area contributed by atoms with Crippen molar-refractivity contribution in [3.63, 3.8) is 0 Å². The van der Waals surface area contributed by atoms with E-state index in [9.17, 15) is 0 Å². The number of nitrogens with one attached hydrogen (secondary N) is 1. The van der Waals surface area contributed by atoms with Crippen molar-refractivity contribution in [2.24, 2.45) is 5.92 Å². The lowest BCUT2D eigenvalue weighted by atomic mass is 10.3. The van der Waals surface area contributed by atoms with Crippen LogP contribution in [0.25, 0.3) is 0 Å². The van der Waals surface area contributed by atoms with E-state index < -0.39 is 0 Å². The van der Waals surface area contributed by atoms with Gasteiger partial charge in [0, 0.05) is 37.7 Å². The minimum Gasteiger partial charge on any atom is -0.380 e. The summed E-state index contributed by atoms with van der Waals surface area (Å²) in [6.07, 6.45) is 7.90. The number of halogens is 1. The molecule has 2 rings (SSSR count). The van der Waals surface area contributed by atoms with Gasteiger partial charge in [-0.1, -0.05) is 0 Å². The Kier molecular flexibility index (Phi) is 6.30. The van der Waals surface area contributed by atoms with Crippen molar-refractivity contribution in [3.8, 4) is 0 Å². The van der Waals surface area contributed by atoms with Gasteiger partial charge in [-0.3, -0.25) is 0 Å². The van der Waals surface area contributed by atoms with E-state index in [4.69, 9.17) is 4.74 Å². The van der Waals surface area contributed by atoms with Crippen LogP contribution in [-0.4, -0.2) is 29.7 Å². The zero-order valence-electron chi connectivity index (χ0n) is 9.26. The molecular formula is C11H18ClN3O. The fourth-order valence-electron chi connectivity index (χ4n) is 1.33. The second kappa shape index (κ2) is 7.54. The molecule has 16 heavy (non-hydrogen) atoms. The second-order valence-corrected chi connectivity index (χ2v) is 3.94. The van der Waals surface area contributed by atoms with Crippen molar-refractivity contribution in [2.75, 3.05) is 19.8 Å². The van der Waals surface area contributed by atoms with Crippen molar-refractivity contribution in [2.45, 2.75) is 19.4 Å². The fraction of sp³-hybridized carbons (Fsp3) is 0.636. The Balaban J connectivity index is 0.00000128. The molecule has 0 aromatic carbocycles. The normalized spacial score (nSPS) is 14.5. The first-order valence-corrected chi connectivity index (χ1v) is 5.47. The molecule has 1 aliphatic rings. The third-order valence-electron chi connectivity index (χ3n) is 2.42. The zero-order chi connectivity index (χ0) is 10.3. The van der Waals surface area contributed by atoms with Crippen LogP contribution < -0.4 is 5.32 Å². The van der Waals surface area contributed by atoms with Crippen molar-refractivity contribution in [1.82, 2.24) is 15.3 Å². The van der Waals surface area contributed by atoms with Crippen molar-refractivity contribution in [3.05, 3.63) is 24.3 Å². The molecule has 1 aromatic rings. The first kappa shape index (κ1) is 13.4. The van der Waals surface area contributed by atoms with Crippen LogP contribution in [0.15, 0.2) is 18.7 Å². The van der Waals surface area contributed by atoms with Gasteiger partial charge in [0.05, 0.1) is 6.61 Å². The predicted molar refractivity (Wildman–Crippen MR) is 64.5 cm³/mol. The monoisotopic (exact) mass is 243 g/mol. The number of hydrogen-bond donors (Lipinski definition) is 1. The zero-order valence-corrected chi connectivity index (χ0v) is 10.1. The maximum absolute atomic E-state index is 5.50. The average Bonchev–Trinajstić information content (AvgIpc) is 3.09. The minimum atomic E-state index is 0. The van der Waals surface area contributed by atoms with Gasteiger partial charge >= 0.3 is 0 Å². The van der Waals surface area contributed by atoms with Crippen LogP contribution in [0.2, 0.25) is 0 Å². The van der Waals surface area contributed by atoms with Gasteiger partial charge in [0.2, 0.25) is 0 Å². The van der Waals surface area contributed by atoms with E-state index in [1.807, 2.05) is 12.4 Å². The molecule has 4 nitrogen and oxygen atoms in total. The highest BCUT2D eigenvalue weighted by Crippen LogP contribution is 2.28. The van der Waals surface area contributed by atoms with E-state index in [0.29, 0.717) is 0 Å². The highest BCUT2D eigenvalue weighted by atomic mass is 35.5. The summed E-state index contributed by atoms with van der Waals surface area (Å²) in [5, 5.41) is 3.29. The maximum atomic E-state index is 5.50. The lowest BCUT2D eigenvalue weighted by molar-refractivity contribution is 0.126. The molecule has 1 aromatic heterocycles. The topological polar surface area (TPSA) is 47.0 Å². The molecule has 0 bridgehead atoms. The Bertz CT molecular complexity index is 280. The smallest absolute Gasteiger partial charge is 0.115 e. The molecule has 0 radical (unpaired) electrons. The molecule has 5 heteroatoms. The molecule has 1 saturated carbocycles. The first-order valence-electron chi connectivity index (χ1n) is 5.47. The number of hydrogen-bond acceptors (Lipinski definition) is 4. The number of rotatable bonds is 7. The number of aromatic nitrogens is 2. The number of nitrogens with zero attached hydrogens (tertiary/aromatic N) is 2. The van der Waals surface area contributed by atoms with Gasteiger partial charge in [-0.2, -0.15) is 0 Å². The maximum Gasteiger partial charge on any atom is 0.115 e. The van der Waals surface area contributed by atoms with Crippen LogP contribution in [-0.2, 0) is 11.3 Å². The van der Waals surface area contributed by atoms with Crippen LogP contribution >= 0.6 is 12.4 Å². The van der Waals surface area contributed by atoms with E-state index in [0.717, 1.165) is 37.8 Å². The summed E-state index contributed by atoms with van der Waals surface area (Å²) in [5.41, 5.74) is 1.11. The summed E-state index contributed by atoms with van der Waals surface area (Å²) < 4.78 is 5.50. The number of ether oxygens (including phenoxy) is 1. The van der Waals surface area contributed by atoms with E-state index in [-0.39, 0.29) is 12.4 Å². The van der Waals surface area contributed by atoms with Gasteiger partial charge in [0.15, 0.2) is 0 Å². The van der Waals surface area contributed by atoms with Crippen molar-refractivity contribution >= 4 is 12.4 Å². The average molecular weight is 244 g/mol. The van der Waals surface area contributed by atoms with E-state index in [1.54, 1.807) is 6.33 Å². The van der Waals surface area contributed by atoms with Gasteiger partial charge < -0.3 is 10.1 Å². The summed E-state index contributed by atoms with van der Waals surface area (Å²) in [6.45, 7) is 3.44. The Morgan fingerprint density at radius 3 is 2.75 bits per heavy atom. The van der Waals surface area contributed by atoms with E-state index >= 15 is 0 Å². The molecule has 1 N–H and O–H groups in total. The standard InChI is InChI=1S/C11H17N3O.ClH/c1-2-10(1)8-15-4-3-12-5-11-6-13-9-14-7-11;/h6-7,9-10,12H,1-5,8H2;1H. The van der Waals surface area contributed by atoms with Gasteiger partial charge in [-0.15, -0.1) is 12.4 Å². The molecule has 1 fully saturated rings. The molecule has 90 valence electrons. The summed E-state index contributed by atoms with van der Waals surface area (Å²) in [6, 6.07) is 0. The molecule has 0 unspecified atom stereocenters. The molecule has 0 amide bonds. The summed E-state index contributed by atoms with van der Waals surface area (Å²) in [4.78, 5) is 7.90. The van der Waals surface area contributed by atoms with Crippen LogP contribution in [0.1, 0.15) is 18.4 Å². The lowest BCUT2D eigenvalue weighted by Crippen LogP contribution is -2.19. The second-order valence-electron chi connectivity index (χ2n) is 3.94. The Morgan fingerprint density at radius 1 is 1.31 bits per heavy atom. The summed E-state index contributed by atoms with van der Waals surface area (Å²) >= 11 is 0. The van der Waals surface area contributed by atoms with Gasteiger partial charge in [-0.05, 0) is 18.8 Å². The fourth-order valence-corrected chi connectivity index (χ4v) is 1.33. The highest BCUT2D eigenvalue weighted by Gasteiger charge is 2.20. The molecule has 1 aliphatic carbocycles. The third kappa shape index (κ3) is 5.39. The highest BCUT2D eigenvalue weighted by molar-refractivity contribution is 5.85. The Hall–Kier alpha value is -0.710. The largest absolute Gasteiger partial charge is 0.380 e. The molecule has 0 spiro atoms. The predicted octanol–water partition coefficient (Wildman–Crippen LogP) is 1.41. The van der Waals surface area contributed by atoms with Crippen LogP contribution in [0.4, 0.5) is 0 Å². The SMILES string of the molecule is Cl.c1ncc(CNCCOCC2CC2)cn1. The Morgan fingerprint density at radius 2 is 2.06 bits per heavy atom. The quantitative estimate of drug-likeness (QED) is 0.736. The summed E-state index contributed by atoms with van der Waals surface area (Å²) in [7, 11) is 0. The van der Waals surface area contributed by atoms with E-state index in [2.05, 4.69) is 15.3 Å². The molecular weight excluding hydrogens is 226 g/mol. The third-order valence-corrected chi connectivity index (χ3v) is 2.42. The minimum absolute atomic E-state index is 0. The van der Waals surface area contributed by atoms with Gasteiger partial charge in [0.25, 0.3) is 0 Å². The van der Waals surface area contributed by atoms with Crippen molar-refractivity contribution in [1.29, 1.82) is 0 Å². The molecule has 0 aliphatic heterocycles. The van der Waals surface area contributed by atoms with Crippen molar-refractivity contribution < 1.29 is 4.74 Å². The van der Waals surface area contributed by atoms with E-state index in [1.165, 1.54) is 12.8 Å². The Labute approximate surface area is 102 Å². The molecule has 1 heterocycles. The molecule has 0 saturated heterocycles. The lowest BCUT2D eigenvalue weighted by Gasteiger charge is -2.05. The summed E-state index contributed by atoms with van der Waals surface area (Å²) in [5.74, 6) is 0.854. The van der Waals surface area contributed by atoms with Crippen LogP contribution in [0.5, 0.6) is 0 Å². The first-order chi connectivity index (χ1) is 7.45. The van der Waals surface area contributed by atoms with Gasteiger partial charge in [-0.25, -0.2) is 9.97 Å². The van der Waals surface area contributed by atoms with Crippen LogP contribution in [0, 0.1) is 5.92 Å². The molecule has 0 atom stereocenters.